The molecule has 1 fully saturated rings. The highest BCUT2D eigenvalue weighted by molar-refractivity contribution is 7.59. The molecule has 1 atom stereocenters. The van der Waals surface area contributed by atoms with E-state index >= 15 is 0 Å². The number of alkyl halides is 2. The minimum absolute atomic E-state index is 0. The number of hydrogen-bond acceptors (Lipinski definition) is 6. The van der Waals surface area contributed by atoms with Crippen molar-refractivity contribution < 1.29 is 18.3 Å². The maximum atomic E-state index is 12.6. The maximum absolute atomic E-state index is 12.6. The first-order valence-corrected chi connectivity index (χ1v) is 11.0. The summed E-state index contributed by atoms with van der Waals surface area (Å²) in [4.78, 5) is 27.6. The summed E-state index contributed by atoms with van der Waals surface area (Å²) in [6.45, 7) is 6.50. The van der Waals surface area contributed by atoms with E-state index in [2.05, 4.69) is 15.3 Å². The summed E-state index contributed by atoms with van der Waals surface area (Å²) < 4.78 is 30.9. The fourth-order valence-electron chi connectivity index (χ4n) is 4.62. The van der Waals surface area contributed by atoms with Gasteiger partial charge in [-0.2, -0.15) is 13.5 Å². The van der Waals surface area contributed by atoms with E-state index in [0.717, 1.165) is 36.6 Å². The Labute approximate surface area is 214 Å². The third kappa shape index (κ3) is 6.59. The number of rotatable bonds is 7. The molecule has 0 saturated heterocycles. The molecule has 0 unspecified atom stereocenters. The number of aryl methyl sites for hydroxylation is 1. The molecule has 2 aliphatic rings. The van der Waals surface area contributed by atoms with Gasteiger partial charge in [-0.3, -0.25) is 9.78 Å². The zero-order valence-electron chi connectivity index (χ0n) is 19.3. The summed E-state index contributed by atoms with van der Waals surface area (Å²) in [5.41, 5.74) is 1.24. The summed E-state index contributed by atoms with van der Waals surface area (Å²) in [7, 11) is 1.91. The van der Waals surface area contributed by atoms with Gasteiger partial charge in [0.05, 0.1) is 18.5 Å². The number of carbonyl (C=O) groups excluding carboxylic acids is 1. The Morgan fingerprint density at radius 2 is 1.86 bits per heavy atom. The zero-order chi connectivity index (χ0) is 23.0. The molecule has 2 aromatic heterocycles. The SMILES string of the molecule is C.C.Cc1nc(CC2CC(COc3ccc(C(F)F)nc3)C2)nc2c1NC(=O)[C@H](C(C)C)N2C.S. The molecule has 0 radical (unpaired) electrons. The van der Waals surface area contributed by atoms with Crippen LogP contribution in [0.2, 0.25) is 0 Å². The average molecular weight is 512 g/mol. The lowest BCUT2D eigenvalue weighted by atomic mass is 9.73. The summed E-state index contributed by atoms with van der Waals surface area (Å²) in [6.07, 6.45) is 1.56. The van der Waals surface area contributed by atoms with Crippen LogP contribution in [0.3, 0.4) is 0 Å². The van der Waals surface area contributed by atoms with Crippen LogP contribution >= 0.6 is 13.5 Å². The zero-order valence-corrected chi connectivity index (χ0v) is 20.3. The van der Waals surface area contributed by atoms with E-state index in [0.29, 0.717) is 29.9 Å². The van der Waals surface area contributed by atoms with Gasteiger partial charge >= 0.3 is 0 Å². The van der Waals surface area contributed by atoms with Crippen molar-refractivity contribution in [3.8, 4) is 5.75 Å². The van der Waals surface area contributed by atoms with Crippen LogP contribution in [-0.2, 0) is 11.2 Å². The Morgan fingerprint density at radius 1 is 1.17 bits per heavy atom. The molecular formula is C25H39F2N5O2S. The topological polar surface area (TPSA) is 80.2 Å². The van der Waals surface area contributed by atoms with Crippen LogP contribution in [0.25, 0.3) is 0 Å². The van der Waals surface area contributed by atoms with E-state index in [1.165, 1.54) is 18.3 Å². The predicted molar refractivity (Wildman–Crippen MR) is 141 cm³/mol. The molecule has 2 aromatic rings. The van der Waals surface area contributed by atoms with Gasteiger partial charge in [-0.1, -0.05) is 28.7 Å². The minimum atomic E-state index is -2.57. The molecule has 196 valence electrons. The fourth-order valence-corrected chi connectivity index (χ4v) is 4.62. The monoisotopic (exact) mass is 511 g/mol. The van der Waals surface area contributed by atoms with Gasteiger partial charge in [-0.25, -0.2) is 18.7 Å². The Balaban J connectivity index is 0.00000204. The molecule has 1 aliphatic carbocycles. The largest absolute Gasteiger partial charge is 0.492 e. The van der Waals surface area contributed by atoms with Gasteiger partial charge in [0.15, 0.2) is 5.82 Å². The van der Waals surface area contributed by atoms with E-state index in [4.69, 9.17) is 9.72 Å². The molecule has 7 nitrogen and oxygen atoms in total. The molecule has 1 N–H and O–H groups in total. The first-order chi connectivity index (χ1) is 15.2. The van der Waals surface area contributed by atoms with E-state index < -0.39 is 6.43 Å². The molecule has 35 heavy (non-hydrogen) atoms. The number of pyridine rings is 1. The standard InChI is InChI=1S/C23H29F2N5O2.2CH4.H2S/c1-12(2)20-23(31)29-19-13(3)27-18(28-22(19)30(20)4)9-14-7-15(8-14)11-32-16-5-6-17(21(24)25)26-10-16;;;/h5-6,10,12,14-15,20-21H,7-9,11H2,1-4H3,(H,29,31);2*1H4;1H2/t14?,15?,20-;;;/m0.../s1. The van der Waals surface area contributed by atoms with Gasteiger partial charge < -0.3 is 15.0 Å². The number of nitrogens with one attached hydrogen (secondary N) is 1. The Hall–Kier alpha value is -2.49. The van der Waals surface area contributed by atoms with Gasteiger partial charge in [0, 0.05) is 13.5 Å². The number of anilines is 2. The van der Waals surface area contributed by atoms with Crippen molar-refractivity contribution in [2.75, 3.05) is 23.9 Å². The van der Waals surface area contributed by atoms with Crippen LogP contribution in [-0.4, -0.2) is 40.6 Å². The molecule has 0 bridgehead atoms. The van der Waals surface area contributed by atoms with Crippen molar-refractivity contribution in [2.45, 2.75) is 67.4 Å². The first-order valence-electron chi connectivity index (χ1n) is 11.0. The highest BCUT2D eigenvalue weighted by atomic mass is 32.1. The Morgan fingerprint density at radius 3 is 2.43 bits per heavy atom. The van der Waals surface area contributed by atoms with Crippen molar-refractivity contribution in [3.63, 3.8) is 0 Å². The molecule has 1 amide bonds. The number of hydrogen-bond donors (Lipinski definition) is 1. The number of likely N-dealkylation sites (N-methyl/N-ethyl adjacent to an activating group) is 1. The second-order valence-corrected chi connectivity index (χ2v) is 9.15. The molecule has 1 aliphatic heterocycles. The number of halogens is 2. The average Bonchev–Trinajstić information content (AvgIpc) is 2.70. The minimum Gasteiger partial charge on any atom is -0.492 e. The fraction of sp³-hybridized carbons (Fsp3) is 0.600. The molecule has 0 aromatic carbocycles. The number of carbonyl (C=O) groups is 1. The normalized spacial score (nSPS) is 20.6. The summed E-state index contributed by atoms with van der Waals surface area (Å²) in [5.74, 6) is 3.13. The van der Waals surface area contributed by atoms with Crippen LogP contribution in [0.5, 0.6) is 5.75 Å². The van der Waals surface area contributed by atoms with Crippen molar-refractivity contribution in [2.24, 2.45) is 17.8 Å². The Bertz CT molecular complexity index is 985. The number of fused-ring (bicyclic) bond motifs is 1. The van der Waals surface area contributed by atoms with Crippen molar-refractivity contribution in [3.05, 3.63) is 35.5 Å². The molecule has 0 spiro atoms. The number of nitrogens with zero attached hydrogens (tertiary/aromatic N) is 4. The lowest BCUT2D eigenvalue weighted by molar-refractivity contribution is -0.118. The van der Waals surface area contributed by atoms with Gasteiger partial charge in [-0.05, 0) is 49.7 Å². The van der Waals surface area contributed by atoms with E-state index in [9.17, 15) is 13.6 Å². The van der Waals surface area contributed by atoms with E-state index in [1.54, 1.807) is 0 Å². The van der Waals surface area contributed by atoms with Gasteiger partial charge in [0.25, 0.3) is 6.43 Å². The predicted octanol–water partition coefficient (Wildman–Crippen LogP) is 5.56. The first kappa shape index (κ1) is 30.5. The van der Waals surface area contributed by atoms with E-state index in [1.807, 2.05) is 32.7 Å². The van der Waals surface area contributed by atoms with Crippen LogP contribution < -0.4 is 15.0 Å². The van der Waals surface area contributed by atoms with Crippen LogP contribution in [0.15, 0.2) is 18.3 Å². The molecule has 3 heterocycles. The molecule has 4 rings (SSSR count). The second kappa shape index (κ2) is 12.5. The lowest BCUT2D eigenvalue weighted by Gasteiger charge is -2.38. The van der Waals surface area contributed by atoms with Crippen molar-refractivity contribution in [1.29, 1.82) is 0 Å². The Kier molecular flexibility index (Phi) is 10.9. The number of aromatic nitrogens is 3. The lowest BCUT2D eigenvalue weighted by Crippen LogP contribution is -2.49. The molecular weight excluding hydrogens is 472 g/mol. The van der Waals surface area contributed by atoms with Crippen molar-refractivity contribution in [1.82, 2.24) is 15.0 Å². The smallest absolute Gasteiger partial charge is 0.280 e. The number of ether oxygens (including phenoxy) is 1. The van der Waals surface area contributed by atoms with Crippen LogP contribution in [0, 0.1) is 24.7 Å². The highest BCUT2D eigenvalue weighted by Crippen LogP contribution is 2.38. The molecule has 1 saturated carbocycles. The van der Waals surface area contributed by atoms with Crippen LogP contribution in [0.4, 0.5) is 20.3 Å². The third-order valence-corrected chi connectivity index (χ3v) is 6.29. The van der Waals surface area contributed by atoms with Gasteiger partial charge in [-0.15, -0.1) is 0 Å². The van der Waals surface area contributed by atoms with Crippen LogP contribution in [0.1, 0.15) is 65.2 Å². The highest BCUT2D eigenvalue weighted by Gasteiger charge is 2.36. The van der Waals surface area contributed by atoms with Gasteiger partial charge in [0.2, 0.25) is 5.91 Å². The summed E-state index contributed by atoms with van der Waals surface area (Å²) in [5, 5.41) is 2.98. The summed E-state index contributed by atoms with van der Waals surface area (Å²) in [6, 6.07) is 2.58. The quantitative estimate of drug-likeness (QED) is 0.524. The van der Waals surface area contributed by atoms with Gasteiger partial charge in [0.1, 0.15) is 29.0 Å². The van der Waals surface area contributed by atoms with Crippen molar-refractivity contribution >= 4 is 30.9 Å². The number of amides is 1. The maximum Gasteiger partial charge on any atom is 0.280 e. The molecule has 10 heteroatoms. The van der Waals surface area contributed by atoms with E-state index in [-0.39, 0.29) is 51.9 Å². The second-order valence-electron chi connectivity index (χ2n) is 9.15. The third-order valence-electron chi connectivity index (χ3n) is 6.29. The summed E-state index contributed by atoms with van der Waals surface area (Å²) >= 11 is 0.